The summed E-state index contributed by atoms with van der Waals surface area (Å²) in [6.07, 6.45) is -6.91. The van der Waals surface area contributed by atoms with Crippen molar-refractivity contribution >= 4 is 11.8 Å². The lowest BCUT2D eigenvalue weighted by Crippen LogP contribution is -2.61. The predicted octanol–water partition coefficient (Wildman–Crippen LogP) is 4.56. The topological polar surface area (TPSA) is 163 Å². The number of rotatable bonds is 9. The average molecular weight is 772 g/mol. The van der Waals surface area contributed by atoms with E-state index in [2.05, 4.69) is 18.7 Å². The number of carbonyl (C=O) groups excluding carboxylic acids is 2. The molecule has 54 heavy (non-hydrogen) atoms. The summed E-state index contributed by atoms with van der Waals surface area (Å²) in [7, 11) is 4.91. The van der Waals surface area contributed by atoms with Gasteiger partial charge in [0.05, 0.1) is 41.5 Å². The van der Waals surface area contributed by atoms with Gasteiger partial charge < -0.3 is 48.5 Å². The molecule has 3 N–H and O–H groups in total. The van der Waals surface area contributed by atoms with Crippen LogP contribution in [-0.4, -0.2) is 137 Å². The number of carbonyl (C=O) groups is 2. The molecule has 0 radical (unpaired) electrons. The summed E-state index contributed by atoms with van der Waals surface area (Å²) in [4.78, 5) is 30.7. The van der Waals surface area contributed by atoms with E-state index >= 15 is 0 Å². The van der Waals surface area contributed by atoms with E-state index < -0.39 is 89.7 Å². The van der Waals surface area contributed by atoms with Crippen LogP contribution in [0.1, 0.15) is 116 Å². The van der Waals surface area contributed by atoms with E-state index in [-0.39, 0.29) is 36.8 Å². The van der Waals surface area contributed by atoms with Gasteiger partial charge in [0.2, 0.25) is 0 Å². The zero-order chi connectivity index (χ0) is 41.2. The second-order valence-corrected chi connectivity index (χ2v) is 17.3. The summed E-state index contributed by atoms with van der Waals surface area (Å²) in [5, 5.41) is 35.4. The summed E-state index contributed by atoms with van der Waals surface area (Å²) in [5.41, 5.74) is -2.60. The van der Waals surface area contributed by atoms with E-state index in [4.69, 9.17) is 33.2 Å². The molecule has 2 fully saturated rings. The van der Waals surface area contributed by atoms with Crippen LogP contribution in [0.3, 0.4) is 0 Å². The Bertz CT molecular complexity index is 1310. The number of aliphatic hydroxyl groups excluding tert-OH is 2. The van der Waals surface area contributed by atoms with Crippen LogP contribution >= 0.6 is 0 Å². The van der Waals surface area contributed by atoms with Gasteiger partial charge in [-0.15, -0.1) is 0 Å². The van der Waals surface area contributed by atoms with Gasteiger partial charge in [-0.1, -0.05) is 31.9 Å². The fourth-order valence-corrected chi connectivity index (χ4v) is 8.68. The first-order valence-electron chi connectivity index (χ1n) is 19.8. The lowest BCUT2D eigenvalue weighted by Gasteiger charge is -2.49. The lowest BCUT2D eigenvalue weighted by molar-refractivity contribution is -0.317. The molecule has 0 aliphatic carbocycles. The normalized spacial score (nSPS) is 45.1. The summed E-state index contributed by atoms with van der Waals surface area (Å²) >= 11 is 0. The summed E-state index contributed by atoms with van der Waals surface area (Å²) < 4.78 is 43.8. The molecule has 3 heterocycles. The standard InChI is InChI=1S/C41H73NO12/c1-17-30-41(13,49-16)34(44)25(7)24(6)22(4)19-39(11,47)36(54-38-32(43)29(18-23(5)50-38)42(14)21(2)3)26(8)33(27(9)37(46)52-30)53-31-20-40(12,48-15)35(45)28(10)51-31/h21,23,25-33,35-36,38,43,45,47H,17-20H2,1-16H3/t23?,25-,26?,27?,28?,29?,30?,31-,32+,33?,35-,36+,38?,39-,40?,41?/m1/s1. The van der Waals surface area contributed by atoms with Crippen LogP contribution in [0.5, 0.6) is 0 Å². The highest BCUT2D eigenvalue weighted by Gasteiger charge is 2.53. The first kappa shape index (κ1) is 46.9. The van der Waals surface area contributed by atoms with Crippen molar-refractivity contribution < 1.29 is 58.1 Å². The maximum Gasteiger partial charge on any atom is 0.311 e. The molecule has 13 nitrogen and oxygen atoms in total. The predicted molar refractivity (Wildman–Crippen MR) is 203 cm³/mol. The van der Waals surface area contributed by atoms with E-state index in [0.29, 0.717) is 12.8 Å². The number of methoxy groups -OCH3 is 2. The molecule has 314 valence electrons. The van der Waals surface area contributed by atoms with Gasteiger partial charge in [-0.2, -0.15) is 0 Å². The lowest BCUT2D eigenvalue weighted by atomic mass is 9.76. The smallest absolute Gasteiger partial charge is 0.311 e. The van der Waals surface area contributed by atoms with Gasteiger partial charge in [0.25, 0.3) is 0 Å². The van der Waals surface area contributed by atoms with Crippen molar-refractivity contribution in [2.45, 2.75) is 200 Å². The molecule has 0 saturated carbocycles. The van der Waals surface area contributed by atoms with Crippen LogP contribution in [0.4, 0.5) is 0 Å². The van der Waals surface area contributed by atoms with Crippen molar-refractivity contribution in [3.63, 3.8) is 0 Å². The fourth-order valence-electron chi connectivity index (χ4n) is 8.68. The molecule has 3 aliphatic heterocycles. The zero-order valence-electron chi connectivity index (χ0n) is 35.9. The summed E-state index contributed by atoms with van der Waals surface area (Å²) in [5.74, 6) is -3.25. The van der Waals surface area contributed by atoms with Crippen molar-refractivity contribution in [1.82, 2.24) is 4.90 Å². The minimum absolute atomic E-state index is 0.0938. The number of nitrogens with zero attached hydrogens (tertiary/aromatic N) is 1. The monoisotopic (exact) mass is 772 g/mol. The first-order chi connectivity index (χ1) is 24.9. The highest BCUT2D eigenvalue weighted by Crippen LogP contribution is 2.41. The van der Waals surface area contributed by atoms with Crippen LogP contribution in [0.25, 0.3) is 0 Å². The number of hydrogen-bond donors (Lipinski definition) is 3. The van der Waals surface area contributed by atoms with E-state index in [9.17, 15) is 24.9 Å². The molecule has 0 amide bonds. The van der Waals surface area contributed by atoms with Crippen molar-refractivity contribution in [2.75, 3.05) is 21.3 Å². The second kappa shape index (κ2) is 18.4. The first-order valence-corrected chi connectivity index (χ1v) is 19.8. The Kier molecular flexibility index (Phi) is 16.0. The third-order valence-electron chi connectivity index (χ3n) is 13.0. The van der Waals surface area contributed by atoms with Gasteiger partial charge in [0.1, 0.15) is 18.3 Å². The molecule has 0 aromatic heterocycles. The minimum Gasteiger partial charge on any atom is -0.459 e. The number of aliphatic hydroxyl groups is 3. The van der Waals surface area contributed by atoms with Crippen molar-refractivity contribution in [3.05, 3.63) is 11.1 Å². The number of ether oxygens (including phenoxy) is 7. The van der Waals surface area contributed by atoms with E-state index in [0.717, 1.165) is 11.1 Å². The molecule has 0 aromatic rings. The SMILES string of the molecule is CCC1OC(=O)C(C)C(O[C@@H]2CC(C)(OC)[C@H](O)C(C)O2)C(C)[C@H](OC2OC(C)CC(N(C)C(C)C)[C@@H]2O)[C@](C)(O)CC(C)=C(C)[C@@H](C)C(=O)C1(C)OC. The molecule has 3 aliphatic rings. The van der Waals surface area contributed by atoms with Crippen molar-refractivity contribution in [3.8, 4) is 0 Å². The quantitative estimate of drug-likeness (QED) is 0.221. The van der Waals surface area contributed by atoms with Crippen LogP contribution in [0.2, 0.25) is 0 Å². The second-order valence-electron chi connectivity index (χ2n) is 17.3. The van der Waals surface area contributed by atoms with E-state index in [1.54, 1.807) is 41.5 Å². The van der Waals surface area contributed by atoms with Crippen LogP contribution in [0.15, 0.2) is 11.1 Å². The Labute approximate surface area is 324 Å². The Hall–Kier alpha value is -1.52. The molecular formula is C41H73NO12. The maximum atomic E-state index is 14.3. The third kappa shape index (κ3) is 9.77. The van der Waals surface area contributed by atoms with Gasteiger partial charge >= 0.3 is 5.97 Å². The molecule has 3 rings (SSSR count). The summed E-state index contributed by atoms with van der Waals surface area (Å²) in [6, 6.07) is -0.149. The maximum absolute atomic E-state index is 14.3. The van der Waals surface area contributed by atoms with Gasteiger partial charge in [-0.05, 0) is 95.5 Å². The molecule has 0 spiro atoms. The number of Topliss-reactive ketones (excluding diaryl/α,β-unsaturated/α-hetero) is 1. The largest absolute Gasteiger partial charge is 0.459 e. The van der Waals surface area contributed by atoms with Crippen molar-refractivity contribution in [2.24, 2.45) is 17.8 Å². The van der Waals surface area contributed by atoms with Crippen LogP contribution < -0.4 is 0 Å². The molecule has 13 heteroatoms. The summed E-state index contributed by atoms with van der Waals surface area (Å²) in [6.45, 7) is 23.7. The average Bonchev–Trinajstić information content (AvgIpc) is 3.11. The van der Waals surface area contributed by atoms with E-state index in [1.807, 2.05) is 41.7 Å². The molecule has 0 aromatic carbocycles. The number of cyclic esters (lactones) is 1. The molecule has 10 unspecified atom stereocenters. The Morgan fingerprint density at radius 3 is 2.11 bits per heavy atom. The van der Waals surface area contributed by atoms with Crippen LogP contribution in [-0.2, 0) is 42.7 Å². The molecule has 0 bridgehead atoms. The number of ketones is 1. The minimum atomic E-state index is -1.64. The third-order valence-corrected chi connectivity index (χ3v) is 13.0. The zero-order valence-corrected chi connectivity index (χ0v) is 35.9. The van der Waals surface area contributed by atoms with E-state index in [1.165, 1.54) is 14.2 Å². The van der Waals surface area contributed by atoms with Crippen LogP contribution in [0, 0.1) is 17.8 Å². The Morgan fingerprint density at radius 1 is 0.963 bits per heavy atom. The van der Waals surface area contributed by atoms with Gasteiger partial charge in [-0.25, -0.2) is 0 Å². The van der Waals surface area contributed by atoms with Crippen molar-refractivity contribution in [1.29, 1.82) is 0 Å². The molecular weight excluding hydrogens is 698 g/mol. The van der Waals surface area contributed by atoms with Gasteiger partial charge in [0.15, 0.2) is 24.0 Å². The fraction of sp³-hybridized carbons (Fsp3) is 0.902. The molecule has 2 saturated heterocycles. The highest BCUT2D eigenvalue weighted by atomic mass is 16.7. The number of allylic oxidation sites excluding steroid dienone is 1. The Balaban J connectivity index is 2.24. The molecule has 16 atom stereocenters. The highest BCUT2D eigenvalue weighted by molar-refractivity contribution is 5.92. The number of esters is 1. The number of likely N-dealkylation sites (N-methyl/N-ethyl adjacent to an activating group) is 1. The van der Waals surface area contributed by atoms with Gasteiger partial charge in [-0.3, -0.25) is 14.5 Å². The Morgan fingerprint density at radius 2 is 1.57 bits per heavy atom. The van der Waals surface area contributed by atoms with Gasteiger partial charge in [0, 0.05) is 44.6 Å². The number of hydrogen-bond acceptors (Lipinski definition) is 13.